The van der Waals surface area contributed by atoms with Crippen LogP contribution in [0.1, 0.15) is 15.9 Å². The third-order valence-corrected chi connectivity index (χ3v) is 3.94. The monoisotopic (exact) mass is 412 g/mol. The molecule has 2 aromatic carbocycles. The van der Waals surface area contributed by atoms with Crippen LogP contribution in [-0.4, -0.2) is 18.4 Å². The van der Waals surface area contributed by atoms with Gasteiger partial charge in [-0.1, -0.05) is 18.2 Å². The predicted molar refractivity (Wildman–Crippen MR) is 91.3 cm³/mol. The third kappa shape index (κ3) is 4.27. The molecule has 0 atom stereocenters. The van der Waals surface area contributed by atoms with Crippen LogP contribution >= 0.6 is 22.6 Å². The van der Waals surface area contributed by atoms with Gasteiger partial charge in [-0.05, 0) is 59.3 Å². The largest absolute Gasteiger partial charge is 0.343 e. The molecule has 0 radical (unpaired) electrons. The van der Waals surface area contributed by atoms with Gasteiger partial charge >= 0.3 is 0 Å². The quantitative estimate of drug-likeness (QED) is 0.759. The van der Waals surface area contributed by atoms with Crippen molar-refractivity contribution in [3.05, 3.63) is 63.0 Å². The van der Waals surface area contributed by atoms with E-state index in [-0.39, 0.29) is 12.5 Å². The summed E-state index contributed by atoms with van der Waals surface area (Å²) in [5, 5.41) is 5.12. The molecule has 0 bridgehead atoms. The molecular weight excluding hydrogens is 398 g/mol. The van der Waals surface area contributed by atoms with E-state index in [1.54, 1.807) is 25.1 Å². The maximum absolute atomic E-state index is 13.2. The zero-order valence-corrected chi connectivity index (χ0v) is 14.0. The highest BCUT2D eigenvalue weighted by atomic mass is 127. The number of aryl methyl sites for hydroxylation is 1. The summed E-state index contributed by atoms with van der Waals surface area (Å²) in [4.78, 5) is 23.8. The summed E-state index contributed by atoms with van der Waals surface area (Å²) in [6, 6.07) is 11.2. The van der Waals surface area contributed by atoms with Crippen LogP contribution in [0, 0.1) is 16.3 Å². The molecule has 0 spiro atoms. The van der Waals surface area contributed by atoms with Crippen molar-refractivity contribution in [2.75, 3.05) is 11.9 Å². The number of nitrogens with one attached hydrogen (secondary N) is 2. The molecule has 2 N–H and O–H groups in total. The summed E-state index contributed by atoms with van der Waals surface area (Å²) in [7, 11) is 0. The van der Waals surface area contributed by atoms with Crippen LogP contribution < -0.4 is 10.6 Å². The number of rotatable bonds is 4. The van der Waals surface area contributed by atoms with Gasteiger partial charge in [-0.25, -0.2) is 4.39 Å². The predicted octanol–water partition coefficient (Wildman–Crippen LogP) is 3.11. The summed E-state index contributed by atoms with van der Waals surface area (Å²) >= 11 is 2.06. The van der Waals surface area contributed by atoms with E-state index in [1.807, 2.05) is 12.1 Å². The molecular formula is C16H14FIN2O2. The second-order valence-corrected chi connectivity index (χ2v) is 5.83. The van der Waals surface area contributed by atoms with Crippen LogP contribution in [0.2, 0.25) is 0 Å². The number of anilines is 1. The molecule has 114 valence electrons. The molecule has 0 unspecified atom stereocenters. The summed E-state index contributed by atoms with van der Waals surface area (Å²) in [6.07, 6.45) is 0. The van der Waals surface area contributed by atoms with Crippen molar-refractivity contribution < 1.29 is 14.0 Å². The van der Waals surface area contributed by atoms with E-state index in [1.165, 1.54) is 12.1 Å². The molecule has 2 amide bonds. The first-order valence-corrected chi connectivity index (χ1v) is 7.64. The van der Waals surface area contributed by atoms with Gasteiger partial charge in [0.25, 0.3) is 5.91 Å². The average molecular weight is 412 g/mol. The van der Waals surface area contributed by atoms with Gasteiger partial charge in [0, 0.05) is 9.26 Å². The highest BCUT2D eigenvalue weighted by Gasteiger charge is 2.11. The Balaban J connectivity index is 1.94. The number of hydrogen-bond acceptors (Lipinski definition) is 2. The lowest BCUT2D eigenvalue weighted by molar-refractivity contribution is -0.115. The zero-order chi connectivity index (χ0) is 16.1. The van der Waals surface area contributed by atoms with Crippen LogP contribution in [0.25, 0.3) is 0 Å². The number of benzene rings is 2. The topological polar surface area (TPSA) is 58.2 Å². The summed E-state index contributed by atoms with van der Waals surface area (Å²) in [5.41, 5.74) is 1.66. The van der Waals surface area contributed by atoms with Gasteiger partial charge in [-0.2, -0.15) is 0 Å². The van der Waals surface area contributed by atoms with E-state index in [0.29, 0.717) is 11.3 Å². The highest BCUT2D eigenvalue weighted by Crippen LogP contribution is 2.15. The number of halogens is 2. The molecule has 0 aliphatic rings. The van der Waals surface area contributed by atoms with Gasteiger partial charge in [0.15, 0.2) is 0 Å². The van der Waals surface area contributed by atoms with Gasteiger partial charge in [0.1, 0.15) is 5.82 Å². The van der Waals surface area contributed by atoms with E-state index >= 15 is 0 Å². The molecule has 0 aliphatic heterocycles. The van der Waals surface area contributed by atoms with Gasteiger partial charge in [-0.3, -0.25) is 9.59 Å². The fraction of sp³-hybridized carbons (Fsp3) is 0.125. The SMILES string of the molecule is Cc1ccc(F)cc1NC(=O)CNC(=O)c1ccccc1I. The second kappa shape index (κ2) is 7.35. The van der Waals surface area contributed by atoms with Crippen molar-refractivity contribution in [1.29, 1.82) is 0 Å². The Morgan fingerprint density at radius 2 is 1.91 bits per heavy atom. The second-order valence-electron chi connectivity index (χ2n) is 4.67. The fourth-order valence-corrected chi connectivity index (χ4v) is 2.46. The smallest absolute Gasteiger partial charge is 0.252 e. The molecule has 0 aromatic heterocycles. The first-order valence-electron chi connectivity index (χ1n) is 6.56. The number of carbonyl (C=O) groups is 2. The molecule has 4 nitrogen and oxygen atoms in total. The first kappa shape index (κ1) is 16.4. The zero-order valence-electron chi connectivity index (χ0n) is 11.8. The Morgan fingerprint density at radius 1 is 1.18 bits per heavy atom. The molecule has 2 aromatic rings. The van der Waals surface area contributed by atoms with Gasteiger partial charge in [-0.15, -0.1) is 0 Å². The van der Waals surface area contributed by atoms with Crippen LogP contribution in [0.5, 0.6) is 0 Å². The van der Waals surface area contributed by atoms with Crippen LogP contribution in [0.4, 0.5) is 10.1 Å². The average Bonchev–Trinajstić information content (AvgIpc) is 2.49. The maximum atomic E-state index is 13.2. The summed E-state index contributed by atoms with van der Waals surface area (Å²) < 4.78 is 14.0. The van der Waals surface area contributed by atoms with E-state index in [2.05, 4.69) is 33.2 Å². The summed E-state index contributed by atoms with van der Waals surface area (Å²) in [5.74, 6) is -1.16. The molecule has 0 aliphatic carbocycles. The van der Waals surface area contributed by atoms with Crippen molar-refractivity contribution in [1.82, 2.24) is 5.32 Å². The Labute approximate surface area is 141 Å². The minimum atomic E-state index is -0.427. The maximum Gasteiger partial charge on any atom is 0.252 e. The lowest BCUT2D eigenvalue weighted by Crippen LogP contribution is -2.33. The molecule has 2 rings (SSSR count). The van der Waals surface area contributed by atoms with E-state index in [4.69, 9.17) is 0 Å². The van der Waals surface area contributed by atoms with Crippen LogP contribution in [0.15, 0.2) is 42.5 Å². The lowest BCUT2D eigenvalue weighted by Gasteiger charge is -2.10. The Kier molecular flexibility index (Phi) is 5.48. The normalized spacial score (nSPS) is 10.1. The highest BCUT2D eigenvalue weighted by molar-refractivity contribution is 14.1. The first-order chi connectivity index (χ1) is 10.5. The molecule has 0 fully saturated rings. The van der Waals surface area contributed by atoms with Gasteiger partial charge in [0.05, 0.1) is 12.1 Å². The number of carbonyl (C=O) groups excluding carboxylic acids is 2. The Morgan fingerprint density at radius 3 is 2.64 bits per heavy atom. The fourth-order valence-electron chi connectivity index (χ4n) is 1.82. The van der Waals surface area contributed by atoms with Gasteiger partial charge < -0.3 is 10.6 Å². The lowest BCUT2D eigenvalue weighted by atomic mass is 10.2. The van der Waals surface area contributed by atoms with Crippen molar-refractivity contribution in [2.45, 2.75) is 6.92 Å². The Hall–Kier alpha value is -1.96. The standard InChI is InChI=1S/C16H14FIN2O2/c1-10-6-7-11(17)8-14(10)20-15(21)9-19-16(22)12-4-2-3-5-13(12)18/h2-8H,9H2,1H3,(H,19,22)(H,20,21). The van der Waals surface area contributed by atoms with Gasteiger partial charge in [0.2, 0.25) is 5.91 Å². The molecule has 22 heavy (non-hydrogen) atoms. The minimum Gasteiger partial charge on any atom is -0.343 e. The minimum absolute atomic E-state index is 0.181. The van der Waals surface area contributed by atoms with Crippen LogP contribution in [-0.2, 0) is 4.79 Å². The molecule has 0 heterocycles. The van der Waals surface area contributed by atoms with Crippen molar-refractivity contribution in [2.24, 2.45) is 0 Å². The van der Waals surface area contributed by atoms with Crippen molar-refractivity contribution in [3.8, 4) is 0 Å². The van der Waals surface area contributed by atoms with E-state index in [9.17, 15) is 14.0 Å². The third-order valence-electron chi connectivity index (χ3n) is 3.00. The Bertz CT molecular complexity index is 719. The van der Waals surface area contributed by atoms with Crippen LogP contribution in [0.3, 0.4) is 0 Å². The number of amides is 2. The number of hydrogen-bond donors (Lipinski definition) is 2. The van der Waals surface area contributed by atoms with Crippen molar-refractivity contribution >= 4 is 40.1 Å². The molecule has 6 heteroatoms. The molecule has 0 saturated carbocycles. The van der Waals surface area contributed by atoms with E-state index in [0.717, 1.165) is 9.13 Å². The summed E-state index contributed by atoms with van der Waals surface area (Å²) in [6.45, 7) is 1.58. The molecule has 0 saturated heterocycles. The van der Waals surface area contributed by atoms with E-state index < -0.39 is 11.7 Å². The van der Waals surface area contributed by atoms with Crippen molar-refractivity contribution in [3.63, 3.8) is 0 Å².